The monoisotopic (exact) mass is 385 g/mol. The summed E-state index contributed by atoms with van der Waals surface area (Å²) in [6, 6.07) is 3.60. The topological polar surface area (TPSA) is 118 Å². The molecule has 8 heteroatoms. The van der Waals surface area contributed by atoms with Crippen LogP contribution in [0.25, 0.3) is 11.0 Å². The zero-order valence-electron chi connectivity index (χ0n) is 16.8. The van der Waals surface area contributed by atoms with Crippen molar-refractivity contribution in [3.8, 4) is 0 Å². The average molecular weight is 386 g/mol. The van der Waals surface area contributed by atoms with Gasteiger partial charge in [0.2, 0.25) is 11.9 Å². The van der Waals surface area contributed by atoms with Crippen molar-refractivity contribution < 1.29 is 4.79 Å². The van der Waals surface area contributed by atoms with Crippen molar-refractivity contribution in [2.45, 2.75) is 64.0 Å². The highest BCUT2D eigenvalue weighted by atomic mass is 16.2. The summed E-state index contributed by atoms with van der Waals surface area (Å²) >= 11 is 0. The first-order valence-electron chi connectivity index (χ1n) is 10.2. The third-order valence-corrected chi connectivity index (χ3v) is 5.25. The number of carbonyl (C=O) groups is 1. The fraction of sp³-hybridized carbons (Fsp3) is 0.600. The van der Waals surface area contributed by atoms with E-state index < -0.39 is 0 Å². The van der Waals surface area contributed by atoms with Gasteiger partial charge < -0.3 is 21.7 Å². The molecule has 0 unspecified atom stereocenters. The van der Waals surface area contributed by atoms with Crippen molar-refractivity contribution in [1.29, 1.82) is 0 Å². The summed E-state index contributed by atoms with van der Waals surface area (Å²) in [4.78, 5) is 25.6. The van der Waals surface area contributed by atoms with E-state index in [0.717, 1.165) is 45.1 Å². The normalized spacial score (nSPS) is 19.1. The summed E-state index contributed by atoms with van der Waals surface area (Å²) in [6.45, 7) is 5.67. The number of fused-ring (bicyclic) bond motifs is 1. The molecule has 2 atom stereocenters. The van der Waals surface area contributed by atoms with Crippen LogP contribution in [0.4, 0.5) is 11.8 Å². The number of carbonyl (C=O) groups excluding carboxylic acids is 1. The number of pyridine rings is 1. The van der Waals surface area contributed by atoms with Gasteiger partial charge in [-0.05, 0) is 44.9 Å². The predicted octanol–water partition coefficient (Wildman–Crippen LogP) is 2.23. The van der Waals surface area contributed by atoms with Crippen LogP contribution < -0.4 is 21.7 Å². The molecule has 3 rings (SSSR count). The Morgan fingerprint density at radius 2 is 2.25 bits per heavy atom. The van der Waals surface area contributed by atoms with Crippen molar-refractivity contribution in [3.05, 3.63) is 18.3 Å². The molecule has 1 aliphatic rings. The minimum absolute atomic E-state index is 0.0643. The second-order valence-electron chi connectivity index (χ2n) is 7.81. The fourth-order valence-electron chi connectivity index (χ4n) is 3.60. The van der Waals surface area contributed by atoms with Crippen molar-refractivity contribution in [2.24, 2.45) is 0 Å². The average Bonchev–Trinajstić information content (AvgIpc) is 2.71. The second-order valence-corrected chi connectivity index (χ2v) is 7.81. The van der Waals surface area contributed by atoms with Crippen molar-refractivity contribution >= 4 is 28.7 Å². The van der Waals surface area contributed by atoms with Gasteiger partial charge in [-0.25, -0.2) is 4.98 Å². The van der Waals surface area contributed by atoms with Gasteiger partial charge in [-0.15, -0.1) is 0 Å². The number of hydrogen-bond acceptors (Lipinski definition) is 7. The Hall–Kier alpha value is -2.48. The molecule has 0 aliphatic carbocycles. The first kappa shape index (κ1) is 20.3. The Morgan fingerprint density at radius 1 is 1.39 bits per heavy atom. The molecule has 0 saturated carbocycles. The highest BCUT2D eigenvalue weighted by molar-refractivity contribution is 5.86. The number of nitrogens with zero attached hydrogens (tertiary/aromatic N) is 3. The van der Waals surface area contributed by atoms with Gasteiger partial charge in [-0.2, -0.15) is 4.98 Å². The molecular formula is C20H31N7O. The summed E-state index contributed by atoms with van der Waals surface area (Å²) in [5.41, 5.74) is 6.91. The Kier molecular flexibility index (Phi) is 6.61. The van der Waals surface area contributed by atoms with Crippen LogP contribution in [0, 0.1) is 0 Å². The van der Waals surface area contributed by atoms with E-state index >= 15 is 0 Å². The third-order valence-electron chi connectivity index (χ3n) is 5.25. The largest absolute Gasteiger partial charge is 0.368 e. The molecule has 0 spiro atoms. The molecule has 1 aliphatic heterocycles. The molecule has 1 saturated heterocycles. The highest BCUT2D eigenvalue weighted by Crippen LogP contribution is 2.25. The molecule has 0 radical (unpaired) electrons. The molecule has 2 aromatic heterocycles. The Labute approximate surface area is 166 Å². The van der Waals surface area contributed by atoms with Crippen molar-refractivity contribution in [3.63, 3.8) is 0 Å². The number of amides is 1. The smallest absolute Gasteiger partial charge is 0.237 e. The number of anilines is 2. The van der Waals surface area contributed by atoms with E-state index in [9.17, 15) is 4.79 Å². The van der Waals surface area contributed by atoms with Gasteiger partial charge in [0, 0.05) is 12.7 Å². The quantitative estimate of drug-likeness (QED) is 0.550. The van der Waals surface area contributed by atoms with Crippen LogP contribution in [0.3, 0.4) is 0 Å². The van der Waals surface area contributed by atoms with E-state index in [4.69, 9.17) is 5.73 Å². The van der Waals surface area contributed by atoms with Crippen molar-refractivity contribution in [1.82, 2.24) is 25.6 Å². The summed E-state index contributed by atoms with van der Waals surface area (Å²) in [5, 5.41) is 9.93. The molecule has 2 aromatic rings. The summed E-state index contributed by atoms with van der Waals surface area (Å²) in [7, 11) is 0. The number of rotatable bonds is 8. The molecule has 5 N–H and O–H groups in total. The molecular weight excluding hydrogens is 354 g/mol. The minimum atomic E-state index is -0.369. The van der Waals surface area contributed by atoms with E-state index in [1.165, 1.54) is 0 Å². The Bertz CT molecular complexity index is 806. The van der Waals surface area contributed by atoms with Crippen molar-refractivity contribution in [2.75, 3.05) is 24.1 Å². The number of nitrogen functional groups attached to an aromatic ring is 1. The predicted molar refractivity (Wildman–Crippen MR) is 112 cm³/mol. The molecule has 28 heavy (non-hydrogen) atoms. The first-order valence-corrected chi connectivity index (χ1v) is 10.2. The van der Waals surface area contributed by atoms with Crippen LogP contribution in [0.2, 0.25) is 0 Å². The first-order chi connectivity index (χ1) is 13.5. The number of aromatic nitrogens is 3. The zero-order valence-corrected chi connectivity index (χ0v) is 16.8. The lowest BCUT2D eigenvalue weighted by Crippen LogP contribution is -2.52. The SMILES string of the molecule is CCCC[C@](C)(CNC(=O)[C@@H]1CCCCN1)Nc1nc(N)nc2cccnc12. The highest BCUT2D eigenvalue weighted by Gasteiger charge is 2.28. The summed E-state index contributed by atoms with van der Waals surface area (Å²) < 4.78 is 0. The Balaban J connectivity index is 1.76. The summed E-state index contributed by atoms with van der Waals surface area (Å²) in [5.74, 6) is 0.873. The number of nitrogens with two attached hydrogens (primary N) is 1. The van der Waals surface area contributed by atoms with Crippen LogP contribution >= 0.6 is 0 Å². The lowest BCUT2D eigenvalue weighted by molar-refractivity contribution is -0.123. The van der Waals surface area contributed by atoms with E-state index in [-0.39, 0.29) is 23.4 Å². The second kappa shape index (κ2) is 9.14. The van der Waals surface area contributed by atoms with Crippen LogP contribution in [-0.4, -0.2) is 45.5 Å². The molecule has 0 aromatic carbocycles. The lowest BCUT2D eigenvalue weighted by atomic mass is 9.94. The van der Waals surface area contributed by atoms with Crippen LogP contribution in [0.1, 0.15) is 52.4 Å². The van der Waals surface area contributed by atoms with Crippen LogP contribution in [0.15, 0.2) is 18.3 Å². The molecule has 152 valence electrons. The zero-order chi connectivity index (χ0) is 20.0. The Morgan fingerprint density at radius 3 is 3.00 bits per heavy atom. The van der Waals surface area contributed by atoms with Gasteiger partial charge in [-0.1, -0.05) is 26.2 Å². The van der Waals surface area contributed by atoms with Gasteiger partial charge >= 0.3 is 0 Å². The van der Waals surface area contributed by atoms with Crippen LogP contribution in [-0.2, 0) is 4.79 Å². The third kappa shape index (κ3) is 5.07. The maximum atomic E-state index is 12.6. The fourth-order valence-corrected chi connectivity index (χ4v) is 3.60. The molecule has 1 fully saturated rings. The van der Waals surface area contributed by atoms with Gasteiger partial charge in [0.25, 0.3) is 0 Å². The molecule has 8 nitrogen and oxygen atoms in total. The number of unbranched alkanes of at least 4 members (excludes halogenated alkanes) is 1. The van der Waals surface area contributed by atoms with Gasteiger partial charge in [0.1, 0.15) is 5.52 Å². The maximum absolute atomic E-state index is 12.6. The van der Waals surface area contributed by atoms with Crippen LogP contribution in [0.5, 0.6) is 0 Å². The van der Waals surface area contributed by atoms with E-state index in [1.54, 1.807) is 6.20 Å². The number of hydrogen-bond donors (Lipinski definition) is 4. The minimum Gasteiger partial charge on any atom is -0.368 e. The standard InChI is InChI=1S/C20H31N7O/c1-3-4-10-20(2,13-24-18(28)15-8-5-6-11-22-15)27-17-16-14(9-7-12-23-16)25-19(21)26-17/h7,9,12,15,22H,3-6,8,10-11,13H2,1-2H3,(H,24,28)(H3,21,25,26,27)/t15-,20+/m0/s1. The van der Waals surface area contributed by atoms with E-state index in [0.29, 0.717) is 23.4 Å². The lowest BCUT2D eigenvalue weighted by Gasteiger charge is -2.33. The number of nitrogens with one attached hydrogen (secondary N) is 3. The maximum Gasteiger partial charge on any atom is 0.237 e. The van der Waals surface area contributed by atoms with Gasteiger partial charge in [0.15, 0.2) is 5.82 Å². The van der Waals surface area contributed by atoms with E-state index in [1.807, 2.05) is 12.1 Å². The van der Waals surface area contributed by atoms with E-state index in [2.05, 4.69) is 44.7 Å². The summed E-state index contributed by atoms with van der Waals surface area (Å²) in [6.07, 6.45) is 7.82. The number of piperidine rings is 1. The van der Waals surface area contributed by atoms with Gasteiger partial charge in [0.05, 0.1) is 17.1 Å². The molecule has 3 heterocycles. The molecule has 1 amide bonds. The van der Waals surface area contributed by atoms with Gasteiger partial charge in [-0.3, -0.25) is 9.78 Å². The molecule has 0 bridgehead atoms.